The predicted molar refractivity (Wildman–Crippen MR) is 107 cm³/mol. The van der Waals surface area contributed by atoms with Crippen LogP contribution in [0, 0.1) is 15.9 Å². The lowest BCUT2D eigenvalue weighted by molar-refractivity contribution is -0.389. The molecule has 0 fully saturated rings. The topological polar surface area (TPSA) is 73.4 Å². The molecule has 0 saturated carbocycles. The molecule has 0 saturated heterocycles. The molecule has 7 nitrogen and oxygen atoms in total. The van der Waals surface area contributed by atoms with Crippen LogP contribution in [0.4, 0.5) is 10.2 Å². The molecule has 0 bridgehead atoms. The lowest BCUT2D eigenvalue weighted by Crippen LogP contribution is -2.46. The first-order valence-electron chi connectivity index (χ1n) is 9.39. The minimum absolute atomic E-state index is 0.184. The standard InChI is InChI=1S/C20H19FN4O3S/c1-20(12-24-10-18(25(26)27)22-19(24)28-20)11-23-7-6-16-14(9-23)8-17(29-16)13-2-4-15(21)5-3-13/h2-5,8,10H,6-7,9,11-12H2,1H3/t20-/m0/s1. The third-order valence-corrected chi connectivity index (χ3v) is 6.68. The van der Waals surface area contributed by atoms with Crippen molar-refractivity contribution < 1.29 is 14.1 Å². The fourth-order valence-electron chi connectivity index (χ4n) is 4.12. The fourth-order valence-corrected chi connectivity index (χ4v) is 5.29. The zero-order chi connectivity index (χ0) is 20.2. The first-order valence-corrected chi connectivity index (χ1v) is 10.2. The third-order valence-electron chi connectivity index (χ3n) is 5.39. The molecule has 2 aromatic heterocycles. The molecule has 0 radical (unpaired) electrons. The third kappa shape index (κ3) is 3.40. The predicted octanol–water partition coefficient (Wildman–Crippen LogP) is 3.87. The lowest BCUT2D eigenvalue weighted by atomic mass is 10.0. The second-order valence-corrected chi connectivity index (χ2v) is 8.98. The molecule has 2 aliphatic heterocycles. The molecule has 1 atom stereocenters. The monoisotopic (exact) mass is 414 g/mol. The highest BCUT2D eigenvalue weighted by Crippen LogP contribution is 2.36. The molecule has 4 heterocycles. The lowest BCUT2D eigenvalue weighted by Gasteiger charge is -2.33. The van der Waals surface area contributed by atoms with Gasteiger partial charge in [0.1, 0.15) is 17.6 Å². The second-order valence-electron chi connectivity index (χ2n) is 7.85. The molecule has 3 aromatic rings. The van der Waals surface area contributed by atoms with Gasteiger partial charge >= 0.3 is 11.8 Å². The van der Waals surface area contributed by atoms with E-state index >= 15 is 0 Å². The Morgan fingerprint density at radius 1 is 1.38 bits per heavy atom. The molecule has 1 aromatic carbocycles. The van der Waals surface area contributed by atoms with Crippen LogP contribution in [0.25, 0.3) is 10.4 Å². The van der Waals surface area contributed by atoms with E-state index in [2.05, 4.69) is 16.0 Å². The molecule has 0 spiro atoms. The summed E-state index contributed by atoms with van der Waals surface area (Å²) >= 11 is 1.78. The second kappa shape index (κ2) is 6.64. The summed E-state index contributed by atoms with van der Waals surface area (Å²) in [5.41, 5.74) is 1.87. The summed E-state index contributed by atoms with van der Waals surface area (Å²) in [4.78, 5) is 19.2. The van der Waals surface area contributed by atoms with Crippen LogP contribution < -0.4 is 4.74 Å². The minimum Gasteiger partial charge on any atom is -0.436 e. The van der Waals surface area contributed by atoms with Gasteiger partial charge in [-0.15, -0.1) is 11.3 Å². The van der Waals surface area contributed by atoms with Crippen molar-refractivity contribution >= 4 is 17.2 Å². The number of imidazole rings is 1. The van der Waals surface area contributed by atoms with Gasteiger partial charge in [0, 0.05) is 34.4 Å². The zero-order valence-corrected chi connectivity index (χ0v) is 16.6. The molecule has 0 amide bonds. The van der Waals surface area contributed by atoms with Crippen molar-refractivity contribution in [3.8, 4) is 16.5 Å². The first-order chi connectivity index (χ1) is 13.9. The highest BCUT2D eigenvalue weighted by molar-refractivity contribution is 7.15. The number of thiophene rings is 1. The summed E-state index contributed by atoms with van der Waals surface area (Å²) in [6, 6.07) is 9.13. The van der Waals surface area contributed by atoms with Crippen molar-refractivity contribution in [2.24, 2.45) is 0 Å². The fraction of sp³-hybridized carbons (Fsp3) is 0.350. The van der Waals surface area contributed by atoms with E-state index in [-0.39, 0.29) is 11.6 Å². The normalized spacial score (nSPS) is 20.9. The first kappa shape index (κ1) is 18.3. The van der Waals surface area contributed by atoms with Crippen molar-refractivity contribution in [1.82, 2.24) is 14.5 Å². The Kier molecular flexibility index (Phi) is 4.18. The smallest absolute Gasteiger partial charge is 0.415 e. The Morgan fingerprint density at radius 2 is 2.17 bits per heavy atom. The van der Waals surface area contributed by atoms with Crippen molar-refractivity contribution in [3.05, 3.63) is 62.9 Å². The van der Waals surface area contributed by atoms with E-state index in [0.717, 1.165) is 30.0 Å². The van der Waals surface area contributed by atoms with E-state index in [4.69, 9.17) is 4.74 Å². The minimum atomic E-state index is -0.506. The van der Waals surface area contributed by atoms with Crippen molar-refractivity contribution in [1.29, 1.82) is 0 Å². The van der Waals surface area contributed by atoms with Gasteiger partial charge in [-0.05, 0) is 47.6 Å². The number of nitro groups is 1. The number of nitrogens with zero attached hydrogens (tertiary/aromatic N) is 4. The summed E-state index contributed by atoms with van der Waals surface area (Å²) in [7, 11) is 0. The Balaban J connectivity index is 1.28. The van der Waals surface area contributed by atoms with Crippen LogP contribution >= 0.6 is 11.3 Å². The average molecular weight is 414 g/mol. The van der Waals surface area contributed by atoms with Crippen LogP contribution in [0.1, 0.15) is 17.4 Å². The van der Waals surface area contributed by atoms with Gasteiger partial charge in [-0.25, -0.2) is 4.39 Å². The highest BCUT2D eigenvalue weighted by Gasteiger charge is 2.41. The van der Waals surface area contributed by atoms with Gasteiger partial charge in [-0.2, -0.15) is 0 Å². The average Bonchev–Trinajstić information content (AvgIpc) is 3.33. The van der Waals surface area contributed by atoms with Crippen molar-refractivity contribution in [3.63, 3.8) is 0 Å². The summed E-state index contributed by atoms with van der Waals surface area (Å²) in [6.45, 7) is 5.02. The van der Waals surface area contributed by atoms with Crippen LogP contribution in [0.5, 0.6) is 6.01 Å². The summed E-state index contributed by atoms with van der Waals surface area (Å²) in [5, 5.41) is 10.9. The number of halogens is 1. The Labute approximate surface area is 170 Å². The maximum atomic E-state index is 13.2. The Bertz CT molecular complexity index is 1070. The van der Waals surface area contributed by atoms with Crippen LogP contribution in [0.15, 0.2) is 36.5 Å². The quantitative estimate of drug-likeness (QED) is 0.479. The maximum absolute atomic E-state index is 13.2. The number of benzene rings is 1. The molecular formula is C20H19FN4O3S. The van der Waals surface area contributed by atoms with Gasteiger partial charge in [0.25, 0.3) is 0 Å². The summed E-state index contributed by atoms with van der Waals surface area (Å²) < 4.78 is 20.9. The van der Waals surface area contributed by atoms with Crippen LogP contribution in [-0.2, 0) is 19.5 Å². The number of ether oxygens (including phenoxy) is 1. The molecule has 9 heteroatoms. The summed E-state index contributed by atoms with van der Waals surface area (Å²) in [6.07, 6.45) is 2.40. The largest absolute Gasteiger partial charge is 0.436 e. The van der Waals surface area contributed by atoms with Crippen LogP contribution in [0.2, 0.25) is 0 Å². The Hall–Kier alpha value is -2.78. The summed E-state index contributed by atoms with van der Waals surface area (Å²) in [5.74, 6) is -0.410. The van der Waals surface area contributed by atoms with Gasteiger partial charge in [0.2, 0.25) is 0 Å². The van der Waals surface area contributed by atoms with E-state index in [1.54, 1.807) is 15.9 Å². The van der Waals surface area contributed by atoms with E-state index in [9.17, 15) is 14.5 Å². The number of rotatable bonds is 4. The molecule has 0 N–H and O–H groups in total. The number of hydrogen-bond acceptors (Lipinski definition) is 6. The molecule has 2 aliphatic rings. The molecule has 5 rings (SSSR count). The van der Waals surface area contributed by atoms with E-state index in [1.165, 1.54) is 28.8 Å². The van der Waals surface area contributed by atoms with E-state index in [0.29, 0.717) is 19.1 Å². The van der Waals surface area contributed by atoms with E-state index in [1.807, 2.05) is 19.1 Å². The molecule has 150 valence electrons. The zero-order valence-electron chi connectivity index (χ0n) is 15.8. The maximum Gasteiger partial charge on any atom is 0.415 e. The van der Waals surface area contributed by atoms with Gasteiger partial charge in [-0.3, -0.25) is 9.47 Å². The van der Waals surface area contributed by atoms with Gasteiger partial charge < -0.3 is 14.9 Å². The van der Waals surface area contributed by atoms with Gasteiger partial charge in [0.05, 0.1) is 6.54 Å². The van der Waals surface area contributed by atoms with Gasteiger partial charge in [-0.1, -0.05) is 12.1 Å². The van der Waals surface area contributed by atoms with Crippen LogP contribution in [0.3, 0.4) is 0 Å². The van der Waals surface area contributed by atoms with Crippen LogP contribution in [-0.4, -0.2) is 38.1 Å². The van der Waals surface area contributed by atoms with Crippen molar-refractivity contribution in [2.75, 3.05) is 13.1 Å². The SMILES string of the molecule is C[C@]1(CN2CCc3sc(-c4ccc(F)cc4)cc3C2)Cn2cc([N+](=O)[O-])nc2O1. The highest BCUT2D eigenvalue weighted by atomic mass is 32.1. The molecule has 29 heavy (non-hydrogen) atoms. The number of aromatic nitrogens is 2. The van der Waals surface area contributed by atoms with Gasteiger partial charge in [0.15, 0.2) is 0 Å². The number of hydrogen-bond donors (Lipinski definition) is 0. The van der Waals surface area contributed by atoms with Crippen molar-refractivity contribution in [2.45, 2.75) is 32.0 Å². The molecule has 0 aliphatic carbocycles. The Morgan fingerprint density at radius 3 is 2.90 bits per heavy atom. The molecule has 0 unspecified atom stereocenters. The number of fused-ring (bicyclic) bond motifs is 2. The molecular weight excluding hydrogens is 395 g/mol. The van der Waals surface area contributed by atoms with E-state index < -0.39 is 10.5 Å².